The Balaban J connectivity index is 2.47. The second-order valence-corrected chi connectivity index (χ2v) is 4.28. The van der Waals surface area contributed by atoms with Gasteiger partial charge in [0.1, 0.15) is 0 Å². The highest BCUT2D eigenvalue weighted by molar-refractivity contribution is 9.09. The van der Waals surface area contributed by atoms with Crippen LogP contribution in [0.5, 0.6) is 0 Å². The van der Waals surface area contributed by atoms with Crippen LogP contribution in [-0.4, -0.2) is 17.8 Å². The molecule has 88 valence electrons. The lowest BCUT2D eigenvalue weighted by atomic mass is 10.2. The second-order valence-electron chi connectivity index (χ2n) is 3.49. The minimum Gasteiger partial charge on any atom is -0.385 e. The first-order chi connectivity index (χ1) is 7.76. The maximum atomic E-state index is 11.3. The number of hydrogen-bond acceptors (Lipinski definition) is 2. The van der Waals surface area contributed by atoms with Crippen molar-refractivity contribution in [2.45, 2.75) is 19.8 Å². The fourth-order valence-corrected chi connectivity index (χ4v) is 1.61. The first-order valence-corrected chi connectivity index (χ1v) is 6.58. The van der Waals surface area contributed by atoms with Gasteiger partial charge in [-0.3, -0.25) is 4.79 Å². The summed E-state index contributed by atoms with van der Waals surface area (Å²) in [4.78, 5) is 11.3. The number of benzene rings is 1. The van der Waals surface area contributed by atoms with Gasteiger partial charge in [-0.15, -0.1) is 0 Å². The number of rotatable bonds is 6. The van der Waals surface area contributed by atoms with Gasteiger partial charge in [-0.2, -0.15) is 0 Å². The SMILES string of the molecule is CCCNc1ccc(NC(=O)CCBr)cc1. The Labute approximate surface area is 105 Å². The highest BCUT2D eigenvalue weighted by atomic mass is 79.9. The van der Waals surface area contributed by atoms with Gasteiger partial charge >= 0.3 is 0 Å². The van der Waals surface area contributed by atoms with E-state index in [1.807, 2.05) is 24.3 Å². The average molecular weight is 285 g/mol. The van der Waals surface area contributed by atoms with Crippen molar-refractivity contribution in [3.8, 4) is 0 Å². The lowest BCUT2D eigenvalue weighted by Crippen LogP contribution is -2.11. The van der Waals surface area contributed by atoms with Crippen LogP contribution in [0, 0.1) is 0 Å². The van der Waals surface area contributed by atoms with E-state index in [0.29, 0.717) is 11.8 Å². The summed E-state index contributed by atoms with van der Waals surface area (Å²) in [6.45, 7) is 3.09. The summed E-state index contributed by atoms with van der Waals surface area (Å²) in [5.41, 5.74) is 1.92. The molecule has 0 atom stereocenters. The highest BCUT2D eigenvalue weighted by Gasteiger charge is 2.00. The number of anilines is 2. The molecule has 0 aliphatic heterocycles. The first kappa shape index (κ1) is 13.0. The molecule has 16 heavy (non-hydrogen) atoms. The molecule has 0 unspecified atom stereocenters. The zero-order valence-electron chi connectivity index (χ0n) is 9.42. The van der Waals surface area contributed by atoms with Crippen molar-refractivity contribution >= 4 is 33.2 Å². The molecule has 0 saturated heterocycles. The van der Waals surface area contributed by atoms with E-state index < -0.39 is 0 Å². The third-order valence-electron chi connectivity index (χ3n) is 2.07. The summed E-state index contributed by atoms with van der Waals surface area (Å²) in [7, 11) is 0. The molecule has 3 nitrogen and oxygen atoms in total. The lowest BCUT2D eigenvalue weighted by molar-refractivity contribution is -0.115. The molecule has 0 bridgehead atoms. The molecule has 4 heteroatoms. The number of halogens is 1. The Bertz CT molecular complexity index is 324. The summed E-state index contributed by atoms with van der Waals surface area (Å²) in [6.07, 6.45) is 1.60. The maximum absolute atomic E-state index is 11.3. The van der Waals surface area contributed by atoms with Crippen molar-refractivity contribution < 1.29 is 4.79 Å². The Hall–Kier alpha value is -1.03. The van der Waals surface area contributed by atoms with E-state index in [1.54, 1.807) is 0 Å². The Morgan fingerprint density at radius 1 is 1.25 bits per heavy atom. The quantitative estimate of drug-likeness (QED) is 0.788. The van der Waals surface area contributed by atoms with Gasteiger partial charge in [0.2, 0.25) is 5.91 Å². The second kappa shape index (κ2) is 7.28. The van der Waals surface area contributed by atoms with E-state index in [9.17, 15) is 4.79 Å². The predicted molar refractivity (Wildman–Crippen MR) is 72.3 cm³/mol. The summed E-state index contributed by atoms with van der Waals surface area (Å²) < 4.78 is 0. The van der Waals surface area contributed by atoms with E-state index in [1.165, 1.54) is 0 Å². The number of carbonyl (C=O) groups is 1. The van der Waals surface area contributed by atoms with Crippen LogP contribution < -0.4 is 10.6 Å². The smallest absolute Gasteiger partial charge is 0.225 e. The van der Waals surface area contributed by atoms with E-state index in [-0.39, 0.29) is 5.91 Å². The Morgan fingerprint density at radius 3 is 2.44 bits per heavy atom. The predicted octanol–water partition coefficient (Wildman–Crippen LogP) is 3.23. The molecular formula is C12H17BrN2O. The van der Waals surface area contributed by atoms with Crippen LogP contribution >= 0.6 is 15.9 Å². The molecule has 1 rings (SSSR count). The molecule has 1 aromatic rings. The highest BCUT2D eigenvalue weighted by Crippen LogP contribution is 2.13. The van der Waals surface area contributed by atoms with E-state index in [4.69, 9.17) is 0 Å². The minimum atomic E-state index is 0.0335. The zero-order valence-corrected chi connectivity index (χ0v) is 11.0. The number of nitrogens with one attached hydrogen (secondary N) is 2. The molecule has 0 spiro atoms. The zero-order chi connectivity index (χ0) is 11.8. The van der Waals surface area contributed by atoms with Gasteiger partial charge in [0.15, 0.2) is 0 Å². The Morgan fingerprint density at radius 2 is 1.88 bits per heavy atom. The van der Waals surface area contributed by atoms with E-state index in [0.717, 1.165) is 24.3 Å². The van der Waals surface area contributed by atoms with Gasteiger partial charge in [0.05, 0.1) is 0 Å². The summed E-state index contributed by atoms with van der Waals surface area (Å²) in [5, 5.41) is 6.80. The van der Waals surface area contributed by atoms with Gasteiger partial charge in [0.25, 0.3) is 0 Å². The first-order valence-electron chi connectivity index (χ1n) is 5.46. The normalized spacial score (nSPS) is 9.88. The van der Waals surface area contributed by atoms with Crippen molar-refractivity contribution in [3.63, 3.8) is 0 Å². The molecule has 0 aromatic heterocycles. The van der Waals surface area contributed by atoms with Crippen LogP contribution in [0.15, 0.2) is 24.3 Å². The standard InChI is InChI=1S/C12H17BrN2O/c1-2-9-14-10-3-5-11(6-4-10)15-12(16)7-8-13/h3-6,14H,2,7-9H2,1H3,(H,15,16). The molecule has 1 amide bonds. The van der Waals surface area contributed by atoms with Crippen molar-refractivity contribution in [2.24, 2.45) is 0 Å². The van der Waals surface area contributed by atoms with Crippen LogP contribution in [0.3, 0.4) is 0 Å². The van der Waals surface area contributed by atoms with Gasteiger partial charge in [-0.25, -0.2) is 0 Å². The summed E-state index contributed by atoms with van der Waals surface area (Å²) >= 11 is 3.23. The van der Waals surface area contributed by atoms with Gasteiger partial charge in [0, 0.05) is 29.7 Å². The lowest BCUT2D eigenvalue weighted by Gasteiger charge is -2.07. The van der Waals surface area contributed by atoms with Gasteiger partial charge in [-0.1, -0.05) is 22.9 Å². The number of carbonyl (C=O) groups excluding carboxylic acids is 1. The van der Waals surface area contributed by atoms with Gasteiger partial charge < -0.3 is 10.6 Å². The fraction of sp³-hybridized carbons (Fsp3) is 0.417. The van der Waals surface area contributed by atoms with Crippen LogP contribution in [0.1, 0.15) is 19.8 Å². The van der Waals surface area contributed by atoms with E-state index >= 15 is 0 Å². The topological polar surface area (TPSA) is 41.1 Å². The molecule has 0 aliphatic rings. The molecule has 0 fully saturated rings. The number of hydrogen-bond donors (Lipinski definition) is 2. The maximum Gasteiger partial charge on any atom is 0.225 e. The molecular weight excluding hydrogens is 268 g/mol. The molecule has 0 saturated carbocycles. The third kappa shape index (κ3) is 4.66. The van der Waals surface area contributed by atoms with Crippen molar-refractivity contribution in [1.82, 2.24) is 0 Å². The van der Waals surface area contributed by atoms with Crippen molar-refractivity contribution in [2.75, 3.05) is 22.5 Å². The van der Waals surface area contributed by atoms with Crippen molar-refractivity contribution in [3.05, 3.63) is 24.3 Å². The fourth-order valence-electron chi connectivity index (χ4n) is 1.25. The van der Waals surface area contributed by atoms with Crippen LogP contribution in [0.25, 0.3) is 0 Å². The summed E-state index contributed by atoms with van der Waals surface area (Å²) in [6, 6.07) is 7.76. The van der Waals surface area contributed by atoms with Crippen LogP contribution in [0.4, 0.5) is 11.4 Å². The number of amides is 1. The number of alkyl halides is 1. The largest absolute Gasteiger partial charge is 0.385 e. The molecule has 0 aliphatic carbocycles. The molecule has 0 radical (unpaired) electrons. The van der Waals surface area contributed by atoms with Crippen molar-refractivity contribution in [1.29, 1.82) is 0 Å². The van der Waals surface area contributed by atoms with E-state index in [2.05, 4.69) is 33.5 Å². The molecule has 0 heterocycles. The molecule has 1 aromatic carbocycles. The van der Waals surface area contributed by atoms with Gasteiger partial charge in [-0.05, 0) is 30.7 Å². The Kier molecular flexibility index (Phi) is 5.93. The third-order valence-corrected chi connectivity index (χ3v) is 2.47. The van der Waals surface area contributed by atoms with Crippen LogP contribution in [0.2, 0.25) is 0 Å². The van der Waals surface area contributed by atoms with Crippen LogP contribution in [-0.2, 0) is 4.79 Å². The minimum absolute atomic E-state index is 0.0335. The summed E-state index contributed by atoms with van der Waals surface area (Å²) in [5.74, 6) is 0.0335. The average Bonchev–Trinajstić information content (AvgIpc) is 2.28. The molecule has 2 N–H and O–H groups in total. The monoisotopic (exact) mass is 284 g/mol.